The molecule has 0 radical (unpaired) electrons. The molecule has 1 aliphatic rings. The molecule has 1 fully saturated rings. The van der Waals surface area contributed by atoms with E-state index in [1.54, 1.807) is 26.2 Å². The van der Waals surface area contributed by atoms with Gasteiger partial charge in [-0.15, -0.1) is 0 Å². The maximum atomic E-state index is 12.3. The number of amides is 1. The van der Waals surface area contributed by atoms with E-state index in [2.05, 4.69) is 10.6 Å². The first kappa shape index (κ1) is 23.1. The highest BCUT2D eigenvalue weighted by atomic mass is 16.3. The molecule has 7 heteroatoms. The highest BCUT2D eigenvalue weighted by Crippen LogP contribution is 2.38. The lowest BCUT2D eigenvalue weighted by Crippen LogP contribution is -2.44. The van der Waals surface area contributed by atoms with E-state index < -0.39 is 5.54 Å². The molecule has 0 spiro atoms. The number of nitrogens with zero attached hydrogens (tertiary/aromatic N) is 1. The van der Waals surface area contributed by atoms with Crippen molar-refractivity contribution in [3.05, 3.63) is 71.1 Å². The van der Waals surface area contributed by atoms with E-state index in [-0.39, 0.29) is 34.3 Å². The molecule has 168 valence electrons. The third kappa shape index (κ3) is 4.82. The van der Waals surface area contributed by atoms with E-state index in [9.17, 15) is 19.5 Å². The molecule has 7 nitrogen and oxygen atoms in total. The first-order valence-electron chi connectivity index (χ1n) is 10.7. The largest absolute Gasteiger partial charge is 0.505 e. The van der Waals surface area contributed by atoms with E-state index in [1.165, 1.54) is 11.0 Å². The third-order valence-electron chi connectivity index (χ3n) is 5.88. The number of allylic oxidation sites excluding steroid dienone is 2. The van der Waals surface area contributed by atoms with Gasteiger partial charge in [-0.25, -0.2) is 0 Å². The van der Waals surface area contributed by atoms with Crippen molar-refractivity contribution in [2.45, 2.75) is 37.6 Å². The summed E-state index contributed by atoms with van der Waals surface area (Å²) in [5, 5.41) is 16.8. The maximum absolute atomic E-state index is 12.3. The Bertz CT molecular complexity index is 1010. The number of hydrogen-bond acceptors (Lipinski definition) is 6. The van der Waals surface area contributed by atoms with Gasteiger partial charge in [-0.1, -0.05) is 55.7 Å². The van der Waals surface area contributed by atoms with Gasteiger partial charge in [0.25, 0.3) is 5.91 Å². The van der Waals surface area contributed by atoms with E-state index >= 15 is 0 Å². The topological polar surface area (TPSA) is 98.7 Å². The lowest BCUT2D eigenvalue weighted by atomic mass is 9.76. The van der Waals surface area contributed by atoms with Crippen LogP contribution in [0.15, 0.2) is 59.9 Å². The van der Waals surface area contributed by atoms with Gasteiger partial charge < -0.3 is 20.6 Å². The summed E-state index contributed by atoms with van der Waals surface area (Å²) in [6.45, 7) is 0. The summed E-state index contributed by atoms with van der Waals surface area (Å²) in [6.07, 6.45) is 5.95. The summed E-state index contributed by atoms with van der Waals surface area (Å²) in [7, 11) is 3.17. The number of rotatable bonds is 8. The molecular formula is C25H29N3O4. The normalized spacial score (nSPS) is 15.8. The Hall–Kier alpha value is -3.61. The molecule has 1 saturated carbocycles. The highest BCUT2D eigenvalue weighted by Gasteiger charge is 2.35. The number of phenols is 1. The minimum atomic E-state index is -0.462. The Morgan fingerprint density at radius 2 is 1.59 bits per heavy atom. The van der Waals surface area contributed by atoms with Crippen molar-refractivity contribution in [2.75, 3.05) is 19.4 Å². The molecule has 1 aliphatic carbocycles. The van der Waals surface area contributed by atoms with Crippen LogP contribution in [-0.4, -0.2) is 42.6 Å². The minimum Gasteiger partial charge on any atom is -0.505 e. The maximum Gasteiger partial charge on any atom is 0.257 e. The van der Waals surface area contributed by atoms with Gasteiger partial charge in [-0.05, 0) is 30.5 Å². The fourth-order valence-electron chi connectivity index (χ4n) is 4.18. The van der Waals surface area contributed by atoms with Crippen LogP contribution in [0.25, 0.3) is 0 Å². The fraction of sp³-hybridized carbons (Fsp3) is 0.320. The fourth-order valence-corrected chi connectivity index (χ4v) is 4.18. The molecule has 0 aromatic heterocycles. The molecule has 0 aliphatic heterocycles. The second kappa shape index (κ2) is 10.1. The number of carbonyl (C=O) groups excluding carboxylic acids is 3. The van der Waals surface area contributed by atoms with Crippen molar-refractivity contribution < 1.29 is 19.5 Å². The molecule has 2 aromatic carbocycles. The average Bonchev–Trinajstić information content (AvgIpc) is 2.83. The number of aldehydes is 2. The Labute approximate surface area is 188 Å². The Kier molecular flexibility index (Phi) is 7.30. The van der Waals surface area contributed by atoms with Crippen molar-refractivity contribution in [1.29, 1.82) is 0 Å². The van der Waals surface area contributed by atoms with Gasteiger partial charge in [0.05, 0.1) is 16.8 Å². The van der Waals surface area contributed by atoms with Crippen molar-refractivity contribution in [2.24, 2.45) is 0 Å². The van der Waals surface area contributed by atoms with Gasteiger partial charge in [0.1, 0.15) is 11.4 Å². The predicted octanol–water partition coefficient (Wildman–Crippen LogP) is 3.56. The molecule has 1 amide bonds. The smallest absolute Gasteiger partial charge is 0.257 e. The number of carbonyl (C=O) groups is 3. The average molecular weight is 436 g/mol. The number of para-hydroxylation sites is 1. The predicted molar refractivity (Wildman–Crippen MR) is 123 cm³/mol. The van der Waals surface area contributed by atoms with Gasteiger partial charge in [-0.2, -0.15) is 0 Å². The Morgan fingerprint density at radius 1 is 0.938 bits per heavy atom. The molecule has 0 heterocycles. The van der Waals surface area contributed by atoms with Crippen LogP contribution in [0.4, 0.5) is 5.69 Å². The number of benzene rings is 2. The molecule has 32 heavy (non-hydrogen) atoms. The summed E-state index contributed by atoms with van der Waals surface area (Å²) in [5.74, 6) is -0.659. The van der Waals surface area contributed by atoms with Crippen LogP contribution in [-0.2, 0) is 15.1 Å². The van der Waals surface area contributed by atoms with Gasteiger partial charge >= 0.3 is 0 Å². The zero-order valence-electron chi connectivity index (χ0n) is 18.4. The van der Waals surface area contributed by atoms with E-state index in [1.807, 2.05) is 30.3 Å². The molecule has 0 atom stereocenters. The van der Waals surface area contributed by atoms with E-state index in [4.69, 9.17) is 0 Å². The minimum absolute atomic E-state index is 0.00867. The monoisotopic (exact) mass is 435 g/mol. The number of aromatic hydroxyl groups is 1. The highest BCUT2D eigenvalue weighted by molar-refractivity contribution is 5.99. The first-order chi connectivity index (χ1) is 15.4. The number of hydrogen-bond donors (Lipinski definition) is 3. The molecule has 0 bridgehead atoms. The van der Waals surface area contributed by atoms with Crippen LogP contribution in [0, 0.1) is 0 Å². The lowest BCUT2D eigenvalue weighted by molar-refractivity contribution is -0.107. The van der Waals surface area contributed by atoms with Gasteiger partial charge in [-0.3, -0.25) is 14.4 Å². The van der Waals surface area contributed by atoms with Crippen LogP contribution >= 0.6 is 0 Å². The SMILES string of the molecule is CN(C)C(=O)c1cccc(N/C(C=O)=C(/C=O)NC2(c3ccccc3)CCCCC2)c1O. The number of phenolic OH excluding ortho intramolecular Hbond substituents is 1. The zero-order chi connectivity index (χ0) is 23.1. The number of nitrogens with one attached hydrogen (secondary N) is 2. The first-order valence-corrected chi connectivity index (χ1v) is 10.7. The number of anilines is 1. The van der Waals surface area contributed by atoms with E-state index in [0.717, 1.165) is 37.7 Å². The molecule has 0 unspecified atom stereocenters. The quantitative estimate of drug-likeness (QED) is 0.333. The van der Waals surface area contributed by atoms with E-state index in [0.29, 0.717) is 12.6 Å². The molecule has 0 saturated heterocycles. The van der Waals surface area contributed by atoms with Gasteiger partial charge in [0, 0.05) is 14.1 Å². The molecule has 2 aromatic rings. The summed E-state index contributed by atoms with van der Waals surface area (Å²) < 4.78 is 0. The van der Waals surface area contributed by atoms with Crippen LogP contribution in [0.1, 0.15) is 48.0 Å². The summed E-state index contributed by atoms with van der Waals surface area (Å²) >= 11 is 0. The van der Waals surface area contributed by atoms with Gasteiger partial charge in [0.15, 0.2) is 18.3 Å². The molecule has 3 N–H and O–H groups in total. The Morgan fingerprint density at radius 3 is 2.19 bits per heavy atom. The molecular weight excluding hydrogens is 406 g/mol. The van der Waals surface area contributed by atoms with Crippen LogP contribution in [0.3, 0.4) is 0 Å². The second-order valence-corrected chi connectivity index (χ2v) is 8.22. The standard InChI is InChI=1S/C25H29N3O4/c1-28(2)24(32)19-12-9-13-20(23(19)31)26-21(16-29)22(17-30)27-25(14-7-4-8-15-25)18-10-5-3-6-11-18/h3,5-6,9-13,16-17,26-27,31H,4,7-8,14-15H2,1-2H3/b22-21-. The zero-order valence-corrected chi connectivity index (χ0v) is 18.4. The lowest BCUT2D eigenvalue weighted by Gasteiger charge is -2.40. The second-order valence-electron chi connectivity index (χ2n) is 8.22. The van der Waals surface area contributed by atoms with Crippen molar-refractivity contribution in [1.82, 2.24) is 10.2 Å². The molecule has 3 rings (SSSR count). The van der Waals surface area contributed by atoms with Crippen molar-refractivity contribution in [3.8, 4) is 5.75 Å². The Balaban J connectivity index is 1.98. The van der Waals surface area contributed by atoms with Crippen molar-refractivity contribution >= 4 is 24.2 Å². The van der Waals surface area contributed by atoms with Crippen LogP contribution in [0.5, 0.6) is 5.75 Å². The van der Waals surface area contributed by atoms with Crippen LogP contribution < -0.4 is 10.6 Å². The summed E-state index contributed by atoms with van der Waals surface area (Å²) in [6, 6.07) is 14.6. The van der Waals surface area contributed by atoms with Gasteiger partial charge in [0.2, 0.25) is 0 Å². The van der Waals surface area contributed by atoms with Crippen LogP contribution in [0.2, 0.25) is 0 Å². The third-order valence-corrected chi connectivity index (χ3v) is 5.88. The van der Waals surface area contributed by atoms with Crippen molar-refractivity contribution in [3.63, 3.8) is 0 Å². The summed E-state index contributed by atoms with van der Waals surface area (Å²) in [5.41, 5.74) is 0.958. The summed E-state index contributed by atoms with van der Waals surface area (Å²) in [4.78, 5) is 37.7.